The number of carbonyl (C=O) groups is 2. The van der Waals surface area contributed by atoms with Crippen molar-refractivity contribution >= 4 is 40.5 Å². The summed E-state index contributed by atoms with van der Waals surface area (Å²) >= 11 is 5.83. The third kappa shape index (κ3) is 4.46. The quantitative estimate of drug-likeness (QED) is 0.628. The van der Waals surface area contributed by atoms with Crippen molar-refractivity contribution in [2.45, 2.75) is 6.92 Å². The molecule has 2 N–H and O–H groups in total. The molecule has 1 aromatic heterocycles. The SMILES string of the molecule is CC(=O)c1cccc(Nc2ccc(C(=O)Nc3ccc(Cl)cc3)cn2)c1. The van der Waals surface area contributed by atoms with Gasteiger partial charge >= 0.3 is 0 Å². The Bertz CT molecular complexity index is 938. The zero-order valence-electron chi connectivity index (χ0n) is 14.0. The van der Waals surface area contributed by atoms with Crippen molar-refractivity contribution in [3.05, 3.63) is 83.0 Å². The molecular weight excluding hydrogens is 350 g/mol. The highest BCUT2D eigenvalue weighted by molar-refractivity contribution is 6.30. The normalized spacial score (nSPS) is 10.2. The molecule has 3 aromatic rings. The first-order valence-electron chi connectivity index (χ1n) is 7.92. The average Bonchev–Trinajstić information content (AvgIpc) is 2.64. The number of anilines is 3. The molecule has 2 aromatic carbocycles. The van der Waals surface area contributed by atoms with Gasteiger partial charge in [-0.2, -0.15) is 0 Å². The number of halogens is 1. The van der Waals surface area contributed by atoms with Crippen molar-refractivity contribution in [2.24, 2.45) is 0 Å². The second-order valence-electron chi connectivity index (χ2n) is 5.66. The number of carbonyl (C=O) groups excluding carboxylic acids is 2. The van der Waals surface area contributed by atoms with Gasteiger partial charge in [0.2, 0.25) is 0 Å². The van der Waals surface area contributed by atoms with Crippen LogP contribution in [0.5, 0.6) is 0 Å². The largest absolute Gasteiger partial charge is 0.340 e. The van der Waals surface area contributed by atoms with Crippen LogP contribution in [0.3, 0.4) is 0 Å². The Kier molecular flexibility index (Phi) is 5.29. The summed E-state index contributed by atoms with van der Waals surface area (Å²) in [7, 11) is 0. The van der Waals surface area contributed by atoms with Crippen LogP contribution in [0.1, 0.15) is 27.6 Å². The van der Waals surface area contributed by atoms with Crippen molar-refractivity contribution in [3.63, 3.8) is 0 Å². The van der Waals surface area contributed by atoms with Crippen LogP contribution >= 0.6 is 11.6 Å². The van der Waals surface area contributed by atoms with Crippen molar-refractivity contribution in [1.82, 2.24) is 4.98 Å². The number of pyridine rings is 1. The number of hydrogen-bond acceptors (Lipinski definition) is 4. The van der Waals surface area contributed by atoms with Crippen LogP contribution in [0.15, 0.2) is 66.9 Å². The summed E-state index contributed by atoms with van der Waals surface area (Å²) in [6.45, 7) is 1.52. The number of hydrogen-bond donors (Lipinski definition) is 2. The molecule has 0 unspecified atom stereocenters. The smallest absolute Gasteiger partial charge is 0.257 e. The van der Waals surface area contributed by atoms with E-state index in [-0.39, 0.29) is 11.7 Å². The van der Waals surface area contributed by atoms with Gasteiger partial charge in [-0.05, 0) is 55.5 Å². The fourth-order valence-corrected chi connectivity index (χ4v) is 2.43. The van der Waals surface area contributed by atoms with Gasteiger partial charge in [0, 0.05) is 28.2 Å². The fourth-order valence-electron chi connectivity index (χ4n) is 2.30. The lowest BCUT2D eigenvalue weighted by atomic mass is 10.1. The molecular formula is C20H16ClN3O2. The molecule has 0 saturated carbocycles. The van der Waals surface area contributed by atoms with E-state index in [9.17, 15) is 9.59 Å². The monoisotopic (exact) mass is 365 g/mol. The van der Waals surface area contributed by atoms with E-state index in [0.29, 0.717) is 27.7 Å². The molecule has 0 aliphatic carbocycles. The Morgan fingerprint density at radius 2 is 1.69 bits per heavy atom. The number of Topliss-reactive ketones (excluding diaryl/α,β-unsaturated/α-hetero) is 1. The summed E-state index contributed by atoms with van der Waals surface area (Å²) in [6.07, 6.45) is 1.49. The van der Waals surface area contributed by atoms with Crippen molar-refractivity contribution in [1.29, 1.82) is 0 Å². The van der Waals surface area contributed by atoms with Crippen LogP contribution in [0.2, 0.25) is 5.02 Å². The summed E-state index contributed by atoms with van der Waals surface area (Å²) in [4.78, 5) is 27.9. The van der Waals surface area contributed by atoms with Gasteiger partial charge < -0.3 is 10.6 Å². The van der Waals surface area contributed by atoms with Gasteiger partial charge in [-0.1, -0.05) is 23.7 Å². The predicted octanol–water partition coefficient (Wildman–Crippen LogP) is 4.93. The van der Waals surface area contributed by atoms with E-state index in [2.05, 4.69) is 15.6 Å². The Morgan fingerprint density at radius 1 is 0.923 bits per heavy atom. The van der Waals surface area contributed by atoms with E-state index >= 15 is 0 Å². The van der Waals surface area contributed by atoms with Gasteiger partial charge in [0.1, 0.15) is 5.82 Å². The molecule has 130 valence electrons. The lowest BCUT2D eigenvalue weighted by molar-refractivity contribution is 0.101. The van der Waals surface area contributed by atoms with Crippen LogP contribution in [0.4, 0.5) is 17.2 Å². The molecule has 6 heteroatoms. The molecule has 26 heavy (non-hydrogen) atoms. The standard InChI is InChI=1S/C20H16ClN3O2/c1-13(25)14-3-2-4-18(11-14)23-19-10-5-15(12-22-19)20(26)24-17-8-6-16(21)7-9-17/h2-12H,1H3,(H,22,23)(H,24,26). The predicted molar refractivity (Wildman–Crippen MR) is 103 cm³/mol. The lowest BCUT2D eigenvalue weighted by Gasteiger charge is -2.08. The summed E-state index contributed by atoms with van der Waals surface area (Å²) in [5.41, 5.74) is 2.46. The van der Waals surface area contributed by atoms with Crippen molar-refractivity contribution in [3.8, 4) is 0 Å². The Balaban J connectivity index is 1.68. The molecule has 1 amide bonds. The first-order valence-corrected chi connectivity index (χ1v) is 8.30. The first kappa shape index (κ1) is 17.6. The minimum absolute atomic E-state index is 0.00386. The second-order valence-corrected chi connectivity index (χ2v) is 6.09. The Labute approximate surface area is 156 Å². The van der Waals surface area contributed by atoms with Crippen LogP contribution in [0, 0.1) is 0 Å². The minimum atomic E-state index is -0.259. The van der Waals surface area contributed by atoms with Crippen LogP contribution in [-0.2, 0) is 0 Å². The Hall–Kier alpha value is -3.18. The van der Waals surface area contributed by atoms with Gasteiger partial charge in [0.25, 0.3) is 5.91 Å². The summed E-state index contributed by atoms with van der Waals surface area (Å²) in [5, 5.41) is 6.50. The van der Waals surface area contributed by atoms with E-state index < -0.39 is 0 Å². The highest BCUT2D eigenvalue weighted by Gasteiger charge is 2.07. The van der Waals surface area contributed by atoms with Gasteiger partial charge in [-0.25, -0.2) is 4.98 Å². The number of nitrogens with one attached hydrogen (secondary N) is 2. The number of ketones is 1. The molecule has 0 aliphatic rings. The van der Waals surface area contributed by atoms with Gasteiger partial charge in [0.05, 0.1) is 5.56 Å². The van der Waals surface area contributed by atoms with E-state index in [0.717, 1.165) is 5.69 Å². The number of rotatable bonds is 5. The van der Waals surface area contributed by atoms with Crippen LogP contribution in [-0.4, -0.2) is 16.7 Å². The maximum atomic E-state index is 12.2. The molecule has 0 fully saturated rings. The molecule has 0 radical (unpaired) electrons. The van der Waals surface area contributed by atoms with Gasteiger partial charge in [-0.15, -0.1) is 0 Å². The minimum Gasteiger partial charge on any atom is -0.340 e. The third-order valence-corrected chi connectivity index (χ3v) is 3.92. The Morgan fingerprint density at radius 3 is 2.35 bits per heavy atom. The molecule has 5 nitrogen and oxygen atoms in total. The van der Waals surface area contributed by atoms with Crippen LogP contribution in [0.25, 0.3) is 0 Å². The summed E-state index contributed by atoms with van der Waals surface area (Å²) in [6, 6.07) is 17.4. The van der Waals surface area contributed by atoms with Gasteiger partial charge in [-0.3, -0.25) is 9.59 Å². The lowest BCUT2D eigenvalue weighted by Crippen LogP contribution is -2.12. The molecule has 1 heterocycles. The number of amides is 1. The average molecular weight is 366 g/mol. The third-order valence-electron chi connectivity index (χ3n) is 3.67. The zero-order chi connectivity index (χ0) is 18.5. The fraction of sp³-hybridized carbons (Fsp3) is 0.0500. The van der Waals surface area contributed by atoms with E-state index in [4.69, 9.17) is 11.6 Å². The zero-order valence-corrected chi connectivity index (χ0v) is 14.7. The van der Waals surface area contributed by atoms with Crippen molar-refractivity contribution < 1.29 is 9.59 Å². The van der Waals surface area contributed by atoms with E-state index in [1.54, 1.807) is 54.6 Å². The second kappa shape index (κ2) is 7.80. The van der Waals surface area contributed by atoms with Crippen LogP contribution < -0.4 is 10.6 Å². The summed E-state index contributed by atoms with van der Waals surface area (Å²) < 4.78 is 0. The highest BCUT2D eigenvalue weighted by Crippen LogP contribution is 2.18. The molecule has 0 aliphatic heterocycles. The molecule has 3 rings (SSSR count). The maximum Gasteiger partial charge on any atom is 0.257 e. The first-order chi connectivity index (χ1) is 12.5. The topological polar surface area (TPSA) is 71.1 Å². The molecule has 0 saturated heterocycles. The van der Waals surface area contributed by atoms with Crippen molar-refractivity contribution in [2.75, 3.05) is 10.6 Å². The number of benzene rings is 2. The maximum absolute atomic E-state index is 12.2. The molecule has 0 atom stereocenters. The summed E-state index contributed by atoms with van der Waals surface area (Å²) in [5.74, 6) is 0.314. The molecule has 0 spiro atoms. The van der Waals surface area contributed by atoms with Gasteiger partial charge in [0.15, 0.2) is 5.78 Å². The number of aromatic nitrogens is 1. The highest BCUT2D eigenvalue weighted by atomic mass is 35.5. The van der Waals surface area contributed by atoms with E-state index in [1.165, 1.54) is 13.1 Å². The van der Waals surface area contributed by atoms with E-state index in [1.807, 2.05) is 6.07 Å². The number of nitrogens with zero attached hydrogens (tertiary/aromatic N) is 1. The molecule has 0 bridgehead atoms.